The molecule has 6 N–H and O–H groups in total. The first-order chi connectivity index (χ1) is 19.4. The summed E-state index contributed by atoms with van der Waals surface area (Å²) in [4.78, 5) is 42.3. The number of aromatic hydroxyl groups is 1. The molecule has 1 fully saturated rings. The van der Waals surface area contributed by atoms with Gasteiger partial charge in [-0.1, -0.05) is 13.8 Å². The SMILES string of the molecule is CCC(C)N(CC)Cc1cc(O)c2c(c1C(F)(F)F)C[C@H]1C[C@H]3[C@H](N(C)C)C(=O)C(C(N)=O)=C(O)[C@@]3(O)C(=O)C1=C2O. The molecule has 4 rings (SSSR count). The predicted octanol–water partition coefficient (Wildman–Crippen LogP) is 2.60. The van der Waals surface area contributed by atoms with E-state index in [2.05, 4.69) is 0 Å². The van der Waals surface area contributed by atoms with Crippen LogP contribution in [0.3, 0.4) is 0 Å². The van der Waals surface area contributed by atoms with E-state index in [0.717, 1.165) is 6.07 Å². The van der Waals surface area contributed by atoms with Gasteiger partial charge in [-0.2, -0.15) is 13.2 Å². The number of carbonyl (C=O) groups excluding carboxylic acids is 3. The van der Waals surface area contributed by atoms with Crippen molar-refractivity contribution in [2.24, 2.45) is 17.6 Å². The number of alkyl halides is 3. The summed E-state index contributed by atoms with van der Waals surface area (Å²) in [7, 11) is 2.88. The van der Waals surface area contributed by atoms with Gasteiger partial charge in [-0.15, -0.1) is 0 Å². The van der Waals surface area contributed by atoms with Crippen LogP contribution in [0.4, 0.5) is 13.2 Å². The molecule has 0 saturated heterocycles. The molecule has 1 aromatic carbocycles. The first kappa shape index (κ1) is 31.5. The summed E-state index contributed by atoms with van der Waals surface area (Å²) in [5, 5.41) is 44.8. The van der Waals surface area contributed by atoms with Crippen LogP contribution in [0.25, 0.3) is 5.76 Å². The minimum absolute atomic E-state index is 0.0550. The fraction of sp³-hybridized carbons (Fsp3) is 0.552. The molecule has 1 unspecified atom stereocenters. The van der Waals surface area contributed by atoms with Crippen LogP contribution in [-0.2, 0) is 33.5 Å². The van der Waals surface area contributed by atoms with Crippen molar-refractivity contribution in [1.29, 1.82) is 0 Å². The number of phenolic OH excluding ortho intramolecular Hbond substituents is 1. The minimum Gasteiger partial charge on any atom is -0.508 e. The highest BCUT2D eigenvalue weighted by Crippen LogP contribution is 2.54. The Kier molecular flexibility index (Phi) is 8.02. The number of phenols is 1. The van der Waals surface area contributed by atoms with E-state index in [9.17, 15) is 48.0 Å². The van der Waals surface area contributed by atoms with Crippen molar-refractivity contribution in [3.63, 3.8) is 0 Å². The largest absolute Gasteiger partial charge is 0.508 e. The number of ketones is 2. The molecule has 13 heteroatoms. The maximum absolute atomic E-state index is 14.7. The van der Waals surface area contributed by atoms with Gasteiger partial charge in [0.05, 0.1) is 17.2 Å². The number of rotatable bonds is 7. The van der Waals surface area contributed by atoms with Crippen LogP contribution >= 0.6 is 0 Å². The van der Waals surface area contributed by atoms with Crippen molar-refractivity contribution < 1.29 is 48.0 Å². The third-order valence-corrected chi connectivity index (χ3v) is 9.08. The molecule has 0 aromatic heterocycles. The summed E-state index contributed by atoms with van der Waals surface area (Å²) in [6.07, 6.45) is -4.95. The average molecular weight is 596 g/mol. The summed E-state index contributed by atoms with van der Waals surface area (Å²) in [5.41, 5.74) is -1.26. The summed E-state index contributed by atoms with van der Waals surface area (Å²) in [6, 6.07) is -0.461. The van der Waals surface area contributed by atoms with E-state index in [0.29, 0.717) is 13.0 Å². The van der Waals surface area contributed by atoms with Crippen LogP contribution < -0.4 is 5.73 Å². The van der Waals surface area contributed by atoms with Gasteiger partial charge < -0.3 is 26.2 Å². The lowest BCUT2D eigenvalue weighted by atomic mass is 9.57. The molecule has 5 atom stereocenters. The molecule has 1 aromatic rings. The zero-order chi connectivity index (χ0) is 31.6. The molecular formula is C29H36F3N3O7. The van der Waals surface area contributed by atoms with Crippen molar-refractivity contribution in [3.05, 3.63) is 45.2 Å². The van der Waals surface area contributed by atoms with Crippen molar-refractivity contribution in [1.82, 2.24) is 9.80 Å². The first-order valence-electron chi connectivity index (χ1n) is 13.8. The van der Waals surface area contributed by atoms with E-state index in [1.165, 1.54) is 19.0 Å². The van der Waals surface area contributed by atoms with E-state index in [1.54, 1.807) is 0 Å². The molecule has 0 radical (unpaired) electrons. The molecule has 3 aliphatic carbocycles. The number of primary amides is 1. The maximum Gasteiger partial charge on any atom is 0.417 e. The molecule has 0 spiro atoms. The third kappa shape index (κ3) is 4.58. The molecule has 230 valence electrons. The van der Waals surface area contributed by atoms with E-state index < -0.39 is 98.7 Å². The average Bonchev–Trinajstić information content (AvgIpc) is 2.87. The number of halogens is 3. The summed E-state index contributed by atoms with van der Waals surface area (Å²) in [5.74, 6) is -9.01. The Morgan fingerprint density at radius 3 is 2.31 bits per heavy atom. The number of likely N-dealkylation sites (N-methyl/N-ethyl adjacent to an activating group) is 1. The number of nitrogens with two attached hydrogens (primary N) is 1. The van der Waals surface area contributed by atoms with Gasteiger partial charge in [-0.25, -0.2) is 0 Å². The summed E-state index contributed by atoms with van der Waals surface area (Å²) < 4.78 is 44.1. The fourth-order valence-electron chi connectivity index (χ4n) is 6.92. The Labute approximate surface area is 240 Å². The standard InChI is InChI=1S/C29H36F3N3O7/c1-6-12(3)35(7-2)11-14-10-17(36)19-15(21(14)29(30,31)32)8-13-9-16-22(34(4)5)24(38)20(27(33)41)26(40)28(16,42)25(39)18(13)23(19)37/h10,12-13,16,22,36-37,40,42H,6-9,11H2,1-5H3,(H2,33,41)/t12?,13-,16-,22-,28-/m0/s1. The number of hydrogen-bond donors (Lipinski definition) is 5. The number of nitrogens with zero attached hydrogens (tertiary/aromatic N) is 2. The lowest BCUT2D eigenvalue weighted by molar-refractivity contribution is -0.153. The molecule has 42 heavy (non-hydrogen) atoms. The number of Topliss-reactive ketones (excluding diaryl/α,β-unsaturated/α-hetero) is 2. The van der Waals surface area contributed by atoms with Crippen LogP contribution in [0.5, 0.6) is 5.75 Å². The highest BCUT2D eigenvalue weighted by molar-refractivity contribution is 6.24. The van der Waals surface area contributed by atoms with E-state index in [-0.39, 0.29) is 24.6 Å². The molecule has 0 bridgehead atoms. The zero-order valence-corrected chi connectivity index (χ0v) is 24.0. The second-order valence-corrected chi connectivity index (χ2v) is 11.6. The Morgan fingerprint density at radius 1 is 1.19 bits per heavy atom. The van der Waals surface area contributed by atoms with Crippen molar-refractivity contribution >= 4 is 23.2 Å². The number of hydrogen-bond acceptors (Lipinski definition) is 9. The summed E-state index contributed by atoms with van der Waals surface area (Å²) in [6.45, 7) is 5.92. The van der Waals surface area contributed by atoms with Gasteiger partial charge in [0.1, 0.15) is 22.8 Å². The molecule has 3 aliphatic rings. The Hall–Kier alpha value is -3.42. The van der Waals surface area contributed by atoms with Crippen LogP contribution in [0.1, 0.15) is 55.9 Å². The van der Waals surface area contributed by atoms with Gasteiger partial charge in [-0.3, -0.25) is 24.2 Å². The van der Waals surface area contributed by atoms with Crippen LogP contribution in [0, 0.1) is 11.8 Å². The minimum atomic E-state index is -4.89. The second kappa shape index (κ2) is 10.7. The first-order valence-corrected chi connectivity index (χ1v) is 13.8. The molecular weight excluding hydrogens is 559 g/mol. The Bertz CT molecular complexity index is 1420. The van der Waals surface area contributed by atoms with Gasteiger partial charge in [-0.05, 0) is 69.9 Å². The molecule has 0 aliphatic heterocycles. The number of carbonyl (C=O) groups is 3. The van der Waals surface area contributed by atoms with Crippen molar-refractivity contribution in [2.45, 2.75) is 70.4 Å². The molecule has 10 nitrogen and oxygen atoms in total. The number of aliphatic hydroxyl groups excluding tert-OH is 2. The second-order valence-electron chi connectivity index (χ2n) is 11.6. The van der Waals surface area contributed by atoms with Crippen LogP contribution in [0.2, 0.25) is 0 Å². The third-order valence-electron chi connectivity index (χ3n) is 9.08. The topological polar surface area (TPSA) is 165 Å². The van der Waals surface area contributed by atoms with E-state index in [4.69, 9.17) is 5.73 Å². The van der Waals surface area contributed by atoms with E-state index >= 15 is 0 Å². The lowest BCUT2D eigenvalue weighted by Gasteiger charge is -2.50. The van der Waals surface area contributed by atoms with Crippen molar-refractivity contribution in [2.75, 3.05) is 20.6 Å². The molecule has 0 heterocycles. The van der Waals surface area contributed by atoms with Gasteiger partial charge in [0.15, 0.2) is 11.4 Å². The smallest absolute Gasteiger partial charge is 0.417 e. The lowest BCUT2D eigenvalue weighted by Crippen LogP contribution is -2.65. The highest BCUT2D eigenvalue weighted by Gasteiger charge is 2.64. The van der Waals surface area contributed by atoms with Gasteiger partial charge in [0.25, 0.3) is 5.91 Å². The maximum atomic E-state index is 14.7. The van der Waals surface area contributed by atoms with Gasteiger partial charge in [0.2, 0.25) is 5.78 Å². The Morgan fingerprint density at radius 2 is 1.81 bits per heavy atom. The predicted molar refractivity (Wildman–Crippen MR) is 145 cm³/mol. The Balaban J connectivity index is 1.97. The zero-order valence-electron chi connectivity index (χ0n) is 24.0. The highest BCUT2D eigenvalue weighted by atomic mass is 19.4. The van der Waals surface area contributed by atoms with Crippen LogP contribution in [0.15, 0.2) is 23.0 Å². The monoisotopic (exact) mass is 595 g/mol. The summed E-state index contributed by atoms with van der Waals surface area (Å²) >= 11 is 0. The van der Waals surface area contributed by atoms with Gasteiger partial charge >= 0.3 is 6.18 Å². The van der Waals surface area contributed by atoms with Crippen LogP contribution in [-0.4, -0.2) is 86.0 Å². The number of fused-ring (bicyclic) bond motifs is 3. The fourth-order valence-corrected chi connectivity index (χ4v) is 6.92. The number of aliphatic hydroxyl groups is 3. The van der Waals surface area contributed by atoms with E-state index in [1.807, 2.05) is 25.7 Å². The molecule has 1 saturated carbocycles. The number of amides is 1. The molecule has 1 amide bonds. The van der Waals surface area contributed by atoms with Crippen molar-refractivity contribution in [3.8, 4) is 5.75 Å². The number of benzene rings is 1. The van der Waals surface area contributed by atoms with Gasteiger partial charge in [0, 0.05) is 24.1 Å². The quantitative estimate of drug-likeness (QED) is 0.298. The normalized spacial score (nSPS) is 26.9.